The van der Waals surface area contributed by atoms with Gasteiger partial charge in [0, 0.05) is 38.3 Å². The number of rotatable bonds is 8. The normalized spacial score (nSPS) is 15.6. The van der Waals surface area contributed by atoms with Gasteiger partial charge in [-0.3, -0.25) is 4.79 Å². The van der Waals surface area contributed by atoms with Crippen LogP contribution in [0.5, 0.6) is 0 Å². The van der Waals surface area contributed by atoms with Crippen LogP contribution in [0.3, 0.4) is 0 Å². The second-order valence-electron chi connectivity index (χ2n) is 7.30. The first kappa shape index (κ1) is 21.2. The molecule has 1 aliphatic heterocycles. The van der Waals surface area contributed by atoms with Gasteiger partial charge in [-0.15, -0.1) is 0 Å². The predicted molar refractivity (Wildman–Crippen MR) is 107 cm³/mol. The van der Waals surface area contributed by atoms with Crippen LogP contribution in [0.2, 0.25) is 0 Å². The first-order chi connectivity index (χ1) is 13.0. The molecule has 5 nitrogen and oxygen atoms in total. The Kier molecular flexibility index (Phi) is 8.07. The Bertz CT molecular complexity index is 642. The number of halogens is 1. The number of carbonyl (C=O) groups excluding carboxylic acids is 2. The molecule has 0 unspecified atom stereocenters. The van der Waals surface area contributed by atoms with Gasteiger partial charge in [-0.2, -0.15) is 0 Å². The number of amides is 2. The molecule has 1 atom stereocenters. The van der Waals surface area contributed by atoms with E-state index in [4.69, 9.17) is 0 Å². The Hall–Kier alpha value is -2.11. The number of ketones is 1. The maximum absolute atomic E-state index is 14.3. The number of carbonyl (C=O) groups is 2. The van der Waals surface area contributed by atoms with Gasteiger partial charge in [0.05, 0.1) is 5.69 Å². The summed E-state index contributed by atoms with van der Waals surface area (Å²) >= 11 is 0. The molecule has 1 saturated heterocycles. The average molecular weight is 378 g/mol. The maximum Gasteiger partial charge on any atom is 0.317 e. The van der Waals surface area contributed by atoms with Gasteiger partial charge in [0.15, 0.2) is 5.78 Å². The van der Waals surface area contributed by atoms with E-state index in [1.165, 1.54) is 25.8 Å². The molecule has 150 valence electrons. The van der Waals surface area contributed by atoms with Crippen molar-refractivity contribution >= 4 is 17.5 Å². The molecule has 1 heterocycles. The Balaban J connectivity index is 1.84. The van der Waals surface area contributed by atoms with Crippen molar-refractivity contribution in [3.63, 3.8) is 0 Å². The molecular formula is C21H32FN3O2. The maximum atomic E-state index is 14.3. The Labute approximate surface area is 161 Å². The quantitative estimate of drug-likeness (QED) is 0.695. The number of hydrogen-bond donors (Lipinski definition) is 1. The second-order valence-corrected chi connectivity index (χ2v) is 7.30. The van der Waals surface area contributed by atoms with Crippen LogP contribution in [-0.4, -0.2) is 49.4 Å². The fraction of sp³-hybridized carbons (Fsp3) is 0.619. The van der Waals surface area contributed by atoms with E-state index < -0.39 is 0 Å². The number of urea groups is 1. The SMILES string of the molecule is CCCC[C@@H](CC)CNC(=O)N1CCN(c2ccc(C(C)=O)cc2F)CC1. The van der Waals surface area contributed by atoms with Gasteiger partial charge in [0.2, 0.25) is 0 Å². The molecule has 1 aliphatic rings. The number of nitrogens with one attached hydrogen (secondary N) is 1. The van der Waals surface area contributed by atoms with Crippen molar-refractivity contribution < 1.29 is 14.0 Å². The minimum Gasteiger partial charge on any atom is -0.366 e. The monoisotopic (exact) mass is 377 g/mol. The molecule has 0 aliphatic carbocycles. The second kappa shape index (κ2) is 10.3. The van der Waals surface area contributed by atoms with Crippen LogP contribution in [0.4, 0.5) is 14.9 Å². The number of piperazine rings is 1. The van der Waals surface area contributed by atoms with Crippen LogP contribution >= 0.6 is 0 Å². The molecule has 2 amide bonds. The van der Waals surface area contributed by atoms with E-state index in [-0.39, 0.29) is 17.6 Å². The zero-order valence-corrected chi connectivity index (χ0v) is 16.8. The Morgan fingerprint density at radius 3 is 2.44 bits per heavy atom. The van der Waals surface area contributed by atoms with E-state index in [1.54, 1.807) is 17.0 Å². The number of anilines is 1. The highest BCUT2D eigenvalue weighted by atomic mass is 19.1. The zero-order chi connectivity index (χ0) is 19.8. The lowest BCUT2D eigenvalue weighted by atomic mass is 9.99. The molecule has 0 radical (unpaired) electrons. The molecule has 6 heteroatoms. The smallest absolute Gasteiger partial charge is 0.317 e. The molecule has 0 spiro atoms. The highest BCUT2D eigenvalue weighted by Gasteiger charge is 2.23. The van der Waals surface area contributed by atoms with Gasteiger partial charge in [-0.25, -0.2) is 9.18 Å². The summed E-state index contributed by atoms with van der Waals surface area (Å²) in [6, 6.07) is 4.57. The molecular weight excluding hydrogens is 345 g/mol. The van der Waals surface area contributed by atoms with Crippen molar-refractivity contribution in [2.24, 2.45) is 5.92 Å². The van der Waals surface area contributed by atoms with Crippen molar-refractivity contribution in [3.05, 3.63) is 29.6 Å². The van der Waals surface area contributed by atoms with Crippen molar-refractivity contribution in [3.8, 4) is 0 Å². The Morgan fingerprint density at radius 2 is 1.89 bits per heavy atom. The lowest BCUT2D eigenvalue weighted by Gasteiger charge is -2.36. The molecule has 1 N–H and O–H groups in total. The highest BCUT2D eigenvalue weighted by Crippen LogP contribution is 2.22. The van der Waals surface area contributed by atoms with E-state index in [9.17, 15) is 14.0 Å². The number of hydrogen-bond acceptors (Lipinski definition) is 3. The standard InChI is InChI=1S/C21H32FN3O2/c1-4-6-7-17(5-2)15-23-21(27)25-12-10-24(11-13-25)20-9-8-18(16(3)26)14-19(20)22/h8-9,14,17H,4-7,10-13,15H2,1-3H3,(H,23,27)/t17-/m1/s1. The summed E-state index contributed by atoms with van der Waals surface area (Å²) in [5.74, 6) is -0.00218. The number of benzene rings is 1. The summed E-state index contributed by atoms with van der Waals surface area (Å²) in [5, 5.41) is 3.06. The summed E-state index contributed by atoms with van der Waals surface area (Å²) < 4.78 is 14.3. The van der Waals surface area contributed by atoms with Crippen LogP contribution in [0.15, 0.2) is 18.2 Å². The Morgan fingerprint density at radius 1 is 1.19 bits per heavy atom. The van der Waals surface area contributed by atoms with E-state index in [2.05, 4.69) is 19.2 Å². The summed E-state index contributed by atoms with van der Waals surface area (Å²) in [7, 11) is 0. The fourth-order valence-corrected chi connectivity index (χ4v) is 3.42. The average Bonchev–Trinajstić information content (AvgIpc) is 2.68. The third kappa shape index (κ3) is 5.94. The fourth-order valence-electron chi connectivity index (χ4n) is 3.42. The first-order valence-electron chi connectivity index (χ1n) is 10.0. The lowest BCUT2D eigenvalue weighted by molar-refractivity contribution is 0.101. The lowest BCUT2D eigenvalue weighted by Crippen LogP contribution is -2.52. The number of Topliss-reactive ketones (excluding diaryl/α,β-unsaturated/α-hetero) is 1. The van der Waals surface area contributed by atoms with Crippen LogP contribution in [0.1, 0.15) is 56.8 Å². The van der Waals surface area contributed by atoms with Gasteiger partial charge in [-0.1, -0.05) is 33.1 Å². The van der Waals surface area contributed by atoms with Crippen molar-refractivity contribution in [2.45, 2.75) is 46.5 Å². The van der Waals surface area contributed by atoms with E-state index >= 15 is 0 Å². The summed E-state index contributed by atoms with van der Waals surface area (Å²) in [4.78, 5) is 27.5. The molecule has 0 bridgehead atoms. The van der Waals surface area contributed by atoms with Crippen LogP contribution in [-0.2, 0) is 0 Å². The third-order valence-corrected chi connectivity index (χ3v) is 5.35. The zero-order valence-electron chi connectivity index (χ0n) is 16.8. The molecule has 1 aromatic rings. The molecule has 1 fully saturated rings. The topological polar surface area (TPSA) is 52.7 Å². The molecule has 27 heavy (non-hydrogen) atoms. The van der Waals surface area contributed by atoms with Gasteiger partial charge in [0.1, 0.15) is 5.82 Å². The summed E-state index contributed by atoms with van der Waals surface area (Å²) in [6.45, 7) is 8.77. The molecule has 0 saturated carbocycles. The molecule has 2 rings (SSSR count). The minimum atomic E-state index is -0.387. The van der Waals surface area contributed by atoms with Gasteiger partial charge < -0.3 is 15.1 Å². The first-order valence-corrected chi connectivity index (χ1v) is 10.0. The van der Waals surface area contributed by atoms with Crippen LogP contribution in [0, 0.1) is 11.7 Å². The van der Waals surface area contributed by atoms with E-state index in [0.717, 1.165) is 19.4 Å². The van der Waals surface area contributed by atoms with Crippen LogP contribution in [0.25, 0.3) is 0 Å². The van der Waals surface area contributed by atoms with Gasteiger partial charge in [0.25, 0.3) is 0 Å². The van der Waals surface area contributed by atoms with E-state index in [0.29, 0.717) is 43.3 Å². The highest BCUT2D eigenvalue weighted by molar-refractivity contribution is 5.94. The summed E-state index contributed by atoms with van der Waals surface area (Å²) in [6.07, 6.45) is 4.59. The van der Waals surface area contributed by atoms with Crippen molar-refractivity contribution in [1.82, 2.24) is 10.2 Å². The minimum absolute atomic E-state index is 0.0306. The third-order valence-electron chi connectivity index (χ3n) is 5.35. The summed E-state index contributed by atoms with van der Waals surface area (Å²) in [5.41, 5.74) is 0.869. The van der Waals surface area contributed by atoms with Gasteiger partial charge >= 0.3 is 6.03 Å². The number of nitrogens with zero attached hydrogens (tertiary/aromatic N) is 2. The van der Waals surface area contributed by atoms with Crippen LogP contribution < -0.4 is 10.2 Å². The largest absolute Gasteiger partial charge is 0.366 e. The number of unbranched alkanes of at least 4 members (excludes halogenated alkanes) is 1. The molecule has 1 aromatic carbocycles. The predicted octanol–water partition coefficient (Wildman–Crippen LogP) is 4.08. The van der Waals surface area contributed by atoms with Crippen molar-refractivity contribution in [1.29, 1.82) is 0 Å². The van der Waals surface area contributed by atoms with Crippen molar-refractivity contribution in [2.75, 3.05) is 37.6 Å². The van der Waals surface area contributed by atoms with E-state index in [1.807, 2.05) is 4.90 Å². The van der Waals surface area contributed by atoms with Gasteiger partial charge in [-0.05, 0) is 37.5 Å². The molecule has 0 aromatic heterocycles.